The smallest absolute Gasteiger partial charge is 0.324 e. The number of carbonyl (C=O) groups is 1. The average molecular weight is 399 g/mol. The van der Waals surface area contributed by atoms with Crippen molar-refractivity contribution in [2.75, 3.05) is 17.7 Å². The van der Waals surface area contributed by atoms with Gasteiger partial charge in [-0.15, -0.1) is 0 Å². The maximum absolute atomic E-state index is 12.5. The van der Waals surface area contributed by atoms with Gasteiger partial charge in [-0.1, -0.05) is 38.4 Å². The van der Waals surface area contributed by atoms with E-state index in [4.69, 9.17) is 21.4 Å². The molecule has 2 N–H and O–H groups in total. The maximum Gasteiger partial charge on any atom is 0.324 e. The van der Waals surface area contributed by atoms with Crippen molar-refractivity contribution in [1.82, 2.24) is 9.78 Å². The predicted octanol–water partition coefficient (Wildman–Crippen LogP) is 5.48. The quantitative estimate of drug-likeness (QED) is 0.611. The molecule has 0 bridgehead atoms. The largest absolute Gasteiger partial charge is 0.497 e. The minimum Gasteiger partial charge on any atom is -0.497 e. The molecule has 0 saturated heterocycles. The molecule has 1 heterocycles. The molecule has 0 aliphatic carbocycles. The fourth-order valence-corrected chi connectivity index (χ4v) is 2.79. The summed E-state index contributed by atoms with van der Waals surface area (Å²) >= 11 is 5.98. The fourth-order valence-electron chi connectivity index (χ4n) is 2.60. The lowest BCUT2D eigenvalue weighted by atomic mass is 9.92. The van der Waals surface area contributed by atoms with Gasteiger partial charge in [-0.2, -0.15) is 5.10 Å². The third-order valence-electron chi connectivity index (χ3n) is 4.12. The van der Waals surface area contributed by atoms with Crippen LogP contribution < -0.4 is 15.4 Å². The Morgan fingerprint density at radius 3 is 2.39 bits per heavy atom. The van der Waals surface area contributed by atoms with Crippen molar-refractivity contribution in [1.29, 1.82) is 0 Å². The molecule has 0 aliphatic rings. The van der Waals surface area contributed by atoms with Crippen LogP contribution in [-0.4, -0.2) is 22.9 Å². The molecule has 0 aliphatic heterocycles. The number of aromatic nitrogens is 2. The highest BCUT2D eigenvalue weighted by Gasteiger charge is 2.21. The van der Waals surface area contributed by atoms with Crippen molar-refractivity contribution in [3.05, 3.63) is 65.3 Å². The lowest BCUT2D eigenvalue weighted by Crippen LogP contribution is -2.21. The number of ether oxygens (including phenoxy) is 1. The van der Waals surface area contributed by atoms with Crippen LogP contribution in [0.4, 0.5) is 16.3 Å². The second-order valence-electron chi connectivity index (χ2n) is 7.36. The van der Waals surface area contributed by atoms with E-state index in [1.54, 1.807) is 36.1 Å². The molecule has 0 spiro atoms. The van der Waals surface area contributed by atoms with E-state index in [0.717, 1.165) is 17.1 Å². The standard InChI is InChI=1S/C21H23ClN4O2/c1-21(2,3)18-13-19(24-20(27)23-15-7-5-6-14(22)12-15)26(25-18)16-8-10-17(28-4)11-9-16/h5-13H,1-4H3,(H2,23,24,27). The third-order valence-corrected chi connectivity index (χ3v) is 4.35. The number of amides is 2. The van der Waals surface area contributed by atoms with Gasteiger partial charge >= 0.3 is 6.03 Å². The normalized spacial score (nSPS) is 11.2. The summed E-state index contributed by atoms with van der Waals surface area (Å²) in [7, 11) is 1.62. The summed E-state index contributed by atoms with van der Waals surface area (Å²) in [5, 5.41) is 10.9. The highest BCUT2D eigenvalue weighted by atomic mass is 35.5. The molecule has 6 nitrogen and oxygen atoms in total. The summed E-state index contributed by atoms with van der Waals surface area (Å²) < 4.78 is 6.92. The zero-order chi connectivity index (χ0) is 20.3. The van der Waals surface area contributed by atoms with E-state index in [9.17, 15) is 4.79 Å². The number of anilines is 2. The van der Waals surface area contributed by atoms with Gasteiger partial charge in [-0.05, 0) is 42.5 Å². The molecule has 0 fully saturated rings. The molecule has 0 radical (unpaired) electrons. The molecule has 2 aromatic carbocycles. The number of benzene rings is 2. The molecule has 0 unspecified atom stereocenters. The molecule has 2 amide bonds. The molecule has 0 saturated carbocycles. The minimum absolute atomic E-state index is 0.169. The van der Waals surface area contributed by atoms with Crippen molar-refractivity contribution < 1.29 is 9.53 Å². The molecule has 28 heavy (non-hydrogen) atoms. The van der Waals surface area contributed by atoms with Gasteiger partial charge in [0.2, 0.25) is 0 Å². The highest BCUT2D eigenvalue weighted by molar-refractivity contribution is 6.30. The summed E-state index contributed by atoms with van der Waals surface area (Å²) in [6.07, 6.45) is 0. The van der Waals surface area contributed by atoms with Gasteiger partial charge in [0, 0.05) is 22.2 Å². The van der Waals surface area contributed by atoms with Gasteiger partial charge in [0.1, 0.15) is 11.6 Å². The molecule has 0 atom stereocenters. The Balaban J connectivity index is 1.89. The number of rotatable bonds is 4. The lowest BCUT2D eigenvalue weighted by Gasteiger charge is -2.14. The second-order valence-corrected chi connectivity index (χ2v) is 7.80. The lowest BCUT2D eigenvalue weighted by molar-refractivity contribution is 0.262. The first-order chi connectivity index (χ1) is 13.3. The maximum atomic E-state index is 12.5. The van der Waals surface area contributed by atoms with Crippen LogP contribution in [0.3, 0.4) is 0 Å². The highest BCUT2D eigenvalue weighted by Crippen LogP contribution is 2.27. The van der Waals surface area contributed by atoms with Gasteiger partial charge in [0.25, 0.3) is 0 Å². The van der Waals surface area contributed by atoms with Crippen LogP contribution in [0.2, 0.25) is 5.02 Å². The van der Waals surface area contributed by atoms with Crippen molar-refractivity contribution in [2.24, 2.45) is 0 Å². The van der Waals surface area contributed by atoms with E-state index in [2.05, 4.69) is 31.4 Å². The first-order valence-corrected chi connectivity index (χ1v) is 9.22. The predicted molar refractivity (Wildman–Crippen MR) is 113 cm³/mol. The number of hydrogen-bond donors (Lipinski definition) is 2. The van der Waals surface area contributed by atoms with Crippen molar-refractivity contribution in [2.45, 2.75) is 26.2 Å². The van der Waals surface area contributed by atoms with Crippen LogP contribution in [0.1, 0.15) is 26.5 Å². The van der Waals surface area contributed by atoms with Crippen molar-refractivity contribution >= 4 is 29.1 Å². The van der Waals surface area contributed by atoms with E-state index in [0.29, 0.717) is 16.5 Å². The Morgan fingerprint density at radius 1 is 1.07 bits per heavy atom. The Kier molecular flexibility index (Phi) is 5.61. The zero-order valence-corrected chi connectivity index (χ0v) is 17.0. The Bertz CT molecular complexity index is 975. The Morgan fingerprint density at radius 2 is 1.79 bits per heavy atom. The number of hydrogen-bond acceptors (Lipinski definition) is 3. The van der Waals surface area contributed by atoms with E-state index >= 15 is 0 Å². The number of halogens is 1. The van der Waals surface area contributed by atoms with Crippen LogP contribution in [0, 0.1) is 0 Å². The monoisotopic (exact) mass is 398 g/mol. The zero-order valence-electron chi connectivity index (χ0n) is 16.3. The van der Waals surface area contributed by atoms with E-state index in [-0.39, 0.29) is 11.4 Å². The summed E-state index contributed by atoms with van der Waals surface area (Å²) in [4.78, 5) is 12.5. The third kappa shape index (κ3) is 4.64. The molecular formula is C21H23ClN4O2. The summed E-state index contributed by atoms with van der Waals surface area (Å²) in [6.45, 7) is 6.22. The van der Waals surface area contributed by atoms with Crippen LogP contribution >= 0.6 is 11.6 Å². The number of nitrogens with one attached hydrogen (secondary N) is 2. The topological polar surface area (TPSA) is 68.2 Å². The summed E-state index contributed by atoms with van der Waals surface area (Å²) in [5.41, 5.74) is 2.12. The van der Waals surface area contributed by atoms with Crippen LogP contribution in [0.15, 0.2) is 54.6 Å². The van der Waals surface area contributed by atoms with Crippen molar-refractivity contribution in [3.63, 3.8) is 0 Å². The first-order valence-electron chi connectivity index (χ1n) is 8.85. The number of nitrogens with zero attached hydrogens (tertiary/aromatic N) is 2. The number of methoxy groups -OCH3 is 1. The minimum atomic E-state index is -0.377. The second kappa shape index (κ2) is 7.94. The van der Waals surface area contributed by atoms with Gasteiger partial charge in [-0.25, -0.2) is 9.48 Å². The van der Waals surface area contributed by atoms with Gasteiger partial charge in [0.15, 0.2) is 0 Å². The Hall–Kier alpha value is -2.99. The molecule has 3 rings (SSSR count). The molecule has 1 aromatic heterocycles. The Labute approximate surface area is 169 Å². The van der Waals surface area contributed by atoms with E-state index in [1.165, 1.54) is 0 Å². The summed E-state index contributed by atoms with van der Waals surface area (Å²) in [6, 6.07) is 16.0. The van der Waals surface area contributed by atoms with Crippen LogP contribution in [0.5, 0.6) is 5.75 Å². The van der Waals surface area contributed by atoms with E-state index < -0.39 is 0 Å². The van der Waals surface area contributed by atoms with Crippen LogP contribution in [0.25, 0.3) is 5.69 Å². The van der Waals surface area contributed by atoms with Gasteiger partial charge < -0.3 is 10.1 Å². The van der Waals surface area contributed by atoms with Crippen molar-refractivity contribution in [3.8, 4) is 11.4 Å². The molecule has 146 valence electrons. The van der Waals surface area contributed by atoms with E-state index in [1.807, 2.05) is 30.3 Å². The van der Waals surface area contributed by atoms with Gasteiger partial charge in [0.05, 0.1) is 18.5 Å². The first kappa shape index (κ1) is 19.8. The summed E-state index contributed by atoms with van der Waals surface area (Å²) in [5.74, 6) is 1.31. The SMILES string of the molecule is COc1ccc(-n2nc(C(C)(C)C)cc2NC(=O)Nc2cccc(Cl)c2)cc1. The van der Waals surface area contributed by atoms with Gasteiger partial charge in [-0.3, -0.25) is 5.32 Å². The number of carbonyl (C=O) groups excluding carboxylic acids is 1. The molecule has 7 heteroatoms. The molecular weight excluding hydrogens is 376 g/mol. The number of urea groups is 1. The van der Waals surface area contributed by atoms with Crippen LogP contribution in [-0.2, 0) is 5.41 Å². The average Bonchev–Trinajstić information content (AvgIpc) is 3.06. The fraction of sp³-hybridized carbons (Fsp3) is 0.238. The molecule has 3 aromatic rings.